The van der Waals surface area contributed by atoms with E-state index in [1.807, 2.05) is 38.2 Å². The van der Waals surface area contributed by atoms with E-state index in [0.29, 0.717) is 18.3 Å². The molecule has 2 aromatic heterocycles. The highest BCUT2D eigenvalue weighted by Crippen LogP contribution is 2.26. The van der Waals surface area contributed by atoms with Crippen LogP contribution in [0.4, 0.5) is 0 Å². The summed E-state index contributed by atoms with van der Waals surface area (Å²) in [6, 6.07) is 8.03. The van der Waals surface area contributed by atoms with Crippen molar-refractivity contribution in [2.75, 3.05) is 7.11 Å². The Kier molecular flexibility index (Phi) is 3.18. The maximum atomic E-state index is 5.36. The van der Waals surface area contributed by atoms with Crippen molar-refractivity contribution in [2.45, 2.75) is 26.3 Å². The first-order valence-corrected chi connectivity index (χ1v) is 6.63. The van der Waals surface area contributed by atoms with Crippen molar-refractivity contribution in [3.63, 3.8) is 0 Å². The van der Waals surface area contributed by atoms with Crippen LogP contribution in [-0.4, -0.2) is 21.8 Å². The Morgan fingerprint density at radius 1 is 1.30 bits per heavy atom. The van der Waals surface area contributed by atoms with Gasteiger partial charge in [-0.3, -0.25) is 0 Å². The van der Waals surface area contributed by atoms with E-state index >= 15 is 0 Å². The topological polar surface area (TPSA) is 53.1 Å². The minimum atomic E-state index is 0.248. The fourth-order valence-electron chi connectivity index (χ4n) is 2.23. The molecule has 3 rings (SSSR count). The van der Waals surface area contributed by atoms with Crippen LogP contribution >= 0.6 is 0 Å². The second-order valence-electron chi connectivity index (χ2n) is 5.04. The molecule has 0 fully saturated rings. The largest absolute Gasteiger partial charge is 0.496 e. The van der Waals surface area contributed by atoms with E-state index in [1.165, 1.54) is 0 Å². The summed E-state index contributed by atoms with van der Waals surface area (Å²) >= 11 is 0. The third-order valence-electron chi connectivity index (χ3n) is 3.28. The molecule has 0 atom stereocenters. The molecule has 2 heterocycles. The van der Waals surface area contributed by atoms with Crippen molar-refractivity contribution in [3.05, 3.63) is 42.2 Å². The molecule has 1 aromatic carbocycles. The van der Waals surface area contributed by atoms with E-state index in [-0.39, 0.29) is 5.92 Å². The summed E-state index contributed by atoms with van der Waals surface area (Å²) in [6.45, 7) is 4.66. The summed E-state index contributed by atoms with van der Waals surface area (Å²) in [5.74, 6) is 2.48. The number of ether oxygens (including phenoxy) is 1. The van der Waals surface area contributed by atoms with Gasteiger partial charge in [0, 0.05) is 17.5 Å². The standard InChI is InChI=1S/C15H17N3O2/c1-10(2)15-16-14(17-20-15)9-18-8-7-11-12(18)5-4-6-13(11)19-3/h4-8,10H,9H2,1-3H3. The Morgan fingerprint density at radius 2 is 2.15 bits per heavy atom. The molecule has 0 spiro atoms. The average Bonchev–Trinajstić information content (AvgIpc) is 3.06. The van der Waals surface area contributed by atoms with Crippen molar-refractivity contribution in [2.24, 2.45) is 0 Å². The number of methoxy groups -OCH3 is 1. The molecule has 5 heteroatoms. The van der Waals surface area contributed by atoms with Gasteiger partial charge in [-0.25, -0.2) is 0 Å². The number of benzene rings is 1. The van der Waals surface area contributed by atoms with E-state index in [0.717, 1.165) is 16.7 Å². The van der Waals surface area contributed by atoms with Crippen LogP contribution < -0.4 is 4.74 Å². The van der Waals surface area contributed by atoms with Gasteiger partial charge in [-0.1, -0.05) is 25.1 Å². The second kappa shape index (κ2) is 5.00. The fourth-order valence-corrected chi connectivity index (χ4v) is 2.23. The minimum Gasteiger partial charge on any atom is -0.496 e. The molecule has 3 aromatic rings. The van der Waals surface area contributed by atoms with Crippen molar-refractivity contribution in [3.8, 4) is 5.75 Å². The van der Waals surface area contributed by atoms with Gasteiger partial charge < -0.3 is 13.8 Å². The predicted octanol–water partition coefficient (Wildman–Crippen LogP) is 3.20. The third-order valence-corrected chi connectivity index (χ3v) is 3.28. The Morgan fingerprint density at radius 3 is 2.85 bits per heavy atom. The lowest BCUT2D eigenvalue weighted by Crippen LogP contribution is -2.00. The van der Waals surface area contributed by atoms with Gasteiger partial charge in [-0.05, 0) is 18.2 Å². The first-order chi connectivity index (χ1) is 9.69. The molecular weight excluding hydrogens is 254 g/mol. The Balaban J connectivity index is 1.94. The monoisotopic (exact) mass is 271 g/mol. The predicted molar refractivity (Wildman–Crippen MR) is 76.0 cm³/mol. The van der Waals surface area contributed by atoms with Gasteiger partial charge in [-0.15, -0.1) is 0 Å². The van der Waals surface area contributed by atoms with E-state index in [2.05, 4.69) is 20.8 Å². The highest BCUT2D eigenvalue weighted by Gasteiger charge is 2.12. The van der Waals surface area contributed by atoms with Crippen LogP contribution in [0.3, 0.4) is 0 Å². The summed E-state index contributed by atoms with van der Waals surface area (Å²) in [7, 11) is 1.68. The lowest BCUT2D eigenvalue weighted by Gasteiger charge is -2.04. The number of nitrogens with zero attached hydrogens (tertiary/aromatic N) is 3. The molecule has 5 nitrogen and oxygen atoms in total. The number of hydrogen-bond donors (Lipinski definition) is 0. The molecule has 20 heavy (non-hydrogen) atoms. The highest BCUT2D eigenvalue weighted by atomic mass is 16.5. The van der Waals surface area contributed by atoms with E-state index < -0.39 is 0 Å². The molecule has 0 saturated heterocycles. The van der Waals surface area contributed by atoms with Gasteiger partial charge in [0.25, 0.3) is 0 Å². The van der Waals surface area contributed by atoms with E-state index in [4.69, 9.17) is 9.26 Å². The quantitative estimate of drug-likeness (QED) is 0.731. The first kappa shape index (κ1) is 12.7. The number of fused-ring (bicyclic) bond motifs is 1. The molecule has 0 bridgehead atoms. The van der Waals surface area contributed by atoms with E-state index in [9.17, 15) is 0 Å². The molecule has 0 aliphatic heterocycles. The Hall–Kier alpha value is -2.30. The molecule has 0 amide bonds. The molecule has 104 valence electrons. The summed E-state index contributed by atoms with van der Waals surface area (Å²) in [6.07, 6.45) is 2.01. The molecule has 0 unspecified atom stereocenters. The molecule has 0 aliphatic carbocycles. The minimum absolute atomic E-state index is 0.248. The maximum Gasteiger partial charge on any atom is 0.229 e. The van der Waals surface area contributed by atoms with Crippen LogP contribution in [0.15, 0.2) is 35.0 Å². The van der Waals surface area contributed by atoms with Gasteiger partial charge in [0.05, 0.1) is 19.2 Å². The lowest BCUT2D eigenvalue weighted by molar-refractivity contribution is 0.360. The lowest BCUT2D eigenvalue weighted by atomic mass is 10.2. The summed E-state index contributed by atoms with van der Waals surface area (Å²) in [5, 5.41) is 5.11. The molecule has 0 N–H and O–H groups in total. The molecule has 0 saturated carbocycles. The average molecular weight is 271 g/mol. The van der Waals surface area contributed by atoms with Crippen LogP contribution in [0, 0.1) is 0 Å². The summed E-state index contributed by atoms with van der Waals surface area (Å²) < 4.78 is 12.7. The van der Waals surface area contributed by atoms with Gasteiger partial charge in [0.2, 0.25) is 5.89 Å². The van der Waals surface area contributed by atoms with Crippen molar-refractivity contribution in [1.82, 2.24) is 14.7 Å². The fraction of sp³-hybridized carbons (Fsp3) is 0.333. The van der Waals surface area contributed by atoms with Crippen LogP contribution in [0.1, 0.15) is 31.5 Å². The zero-order valence-corrected chi connectivity index (χ0v) is 11.8. The van der Waals surface area contributed by atoms with Crippen LogP contribution in [-0.2, 0) is 6.54 Å². The smallest absolute Gasteiger partial charge is 0.229 e. The molecule has 0 radical (unpaired) electrons. The SMILES string of the molecule is COc1cccc2c1ccn2Cc1noc(C(C)C)n1. The Labute approximate surface area is 117 Å². The second-order valence-corrected chi connectivity index (χ2v) is 5.04. The Bertz CT molecular complexity index is 728. The van der Waals surface area contributed by atoms with Crippen molar-refractivity contribution < 1.29 is 9.26 Å². The first-order valence-electron chi connectivity index (χ1n) is 6.63. The summed E-state index contributed by atoms with van der Waals surface area (Å²) in [5.41, 5.74) is 1.10. The normalized spacial score (nSPS) is 11.4. The van der Waals surface area contributed by atoms with Crippen molar-refractivity contribution in [1.29, 1.82) is 0 Å². The maximum absolute atomic E-state index is 5.36. The zero-order chi connectivity index (χ0) is 14.1. The number of rotatable bonds is 4. The van der Waals surface area contributed by atoms with Crippen LogP contribution in [0.2, 0.25) is 0 Å². The van der Waals surface area contributed by atoms with Crippen molar-refractivity contribution >= 4 is 10.9 Å². The van der Waals surface area contributed by atoms with Crippen LogP contribution in [0.5, 0.6) is 5.75 Å². The molecule has 0 aliphatic rings. The van der Waals surface area contributed by atoms with Gasteiger partial charge in [0.1, 0.15) is 5.75 Å². The van der Waals surface area contributed by atoms with Gasteiger partial charge in [-0.2, -0.15) is 4.98 Å². The number of hydrogen-bond acceptors (Lipinski definition) is 4. The number of aromatic nitrogens is 3. The zero-order valence-electron chi connectivity index (χ0n) is 11.8. The van der Waals surface area contributed by atoms with Gasteiger partial charge >= 0.3 is 0 Å². The van der Waals surface area contributed by atoms with E-state index in [1.54, 1.807) is 7.11 Å². The summed E-state index contributed by atoms with van der Waals surface area (Å²) in [4.78, 5) is 4.40. The van der Waals surface area contributed by atoms with Crippen LogP contribution in [0.25, 0.3) is 10.9 Å². The molecular formula is C15H17N3O2. The van der Waals surface area contributed by atoms with Gasteiger partial charge in [0.15, 0.2) is 5.82 Å². The highest BCUT2D eigenvalue weighted by molar-refractivity contribution is 5.86. The third kappa shape index (κ3) is 2.15.